The smallest absolute Gasteiger partial charge is 0.159 e. The second kappa shape index (κ2) is 8.19. The first-order valence-electron chi connectivity index (χ1n) is 9.77. The van der Waals surface area contributed by atoms with Crippen LogP contribution >= 0.6 is 23.2 Å². The fourth-order valence-electron chi connectivity index (χ4n) is 3.79. The Kier molecular flexibility index (Phi) is 5.25. The molecule has 0 saturated carbocycles. The number of fused-ring (bicyclic) bond motifs is 1. The Hall–Kier alpha value is -2.73. The maximum atomic E-state index is 6.02. The SMILES string of the molecule is Clc1ccc(-c2ncc3c(n2)CCN(Cc2cn[nH]c2-c2ccc(Cl)cc2)C3)cc1. The Labute approximate surface area is 184 Å². The zero-order chi connectivity index (χ0) is 20.5. The minimum absolute atomic E-state index is 0.713. The Bertz CT molecular complexity index is 1170. The summed E-state index contributed by atoms with van der Waals surface area (Å²) in [5.74, 6) is 0.749. The number of H-pyrrole nitrogens is 1. The number of nitrogens with zero attached hydrogens (tertiary/aromatic N) is 4. The van der Waals surface area contributed by atoms with Gasteiger partial charge in [0, 0.05) is 59.0 Å². The molecule has 0 radical (unpaired) electrons. The van der Waals surface area contributed by atoms with E-state index in [4.69, 9.17) is 28.2 Å². The van der Waals surface area contributed by atoms with Gasteiger partial charge in [-0.2, -0.15) is 5.10 Å². The van der Waals surface area contributed by atoms with Crippen molar-refractivity contribution in [2.75, 3.05) is 6.54 Å². The highest BCUT2D eigenvalue weighted by Gasteiger charge is 2.20. The van der Waals surface area contributed by atoms with E-state index in [9.17, 15) is 0 Å². The lowest BCUT2D eigenvalue weighted by molar-refractivity contribution is 0.243. The van der Waals surface area contributed by atoms with Gasteiger partial charge in [-0.15, -0.1) is 0 Å². The summed E-state index contributed by atoms with van der Waals surface area (Å²) in [7, 11) is 0. The monoisotopic (exact) mass is 435 g/mol. The molecule has 2 aromatic heterocycles. The molecule has 150 valence electrons. The van der Waals surface area contributed by atoms with Crippen LogP contribution in [0.3, 0.4) is 0 Å². The highest BCUT2D eigenvalue weighted by molar-refractivity contribution is 6.30. The highest BCUT2D eigenvalue weighted by atomic mass is 35.5. The fourth-order valence-corrected chi connectivity index (χ4v) is 4.04. The largest absolute Gasteiger partial charge is 0.294 e. The molecule has 5 nitrogen and oxygen atoms in total. The molecule has 3 heterocycles. The van der Waals surface area contributed by atoms with Gasteiger partial charge in [0.15, 0.2) is 5.82 Å². The van der Waals surface area contributed by atoms with Crippen LogP contribution in [-0.4, -0.2) is 31.6 Å². The molecule has 0 spiro atoms. The molecule has 2 aromatic carbocycles. The van der Waals surface area contributed by atoms with Gasteiger partial charge in [-0.3, -0.25) is 10.00 Å². The van der Waals surface area contributed by atoms with E-state index in [0.29, 0.717) is 5.02 Å². The normalized spacial score (nSPS) is 13.9. The van der Waals surface area contributed by atoms with Crippen LogP contribution < -0.4 is 0 Å². The van der Waals surface area contributed by atoms with E-state index in [1.54, 1.807) is 0 Å². The van der Waals surface area contributed by atoms with Crippen molar-refractivity contribution in [1.29, 1.82) is 0 Å². The van der Waals surface area contributed by atoms with Crippen LogP contribution in [0.4, 0.5) is 0 Å². The van der Waals surface area contributed by atoms with Crippen molar-refractivity contribution in [1.82, 2.24) is 25.1 Å². The quantitative estimate of drug-likeness (QED) is 0.466. The average Bonchev–Trinajstić information content (AvgIpc) is 3.22. The standard InChI is InChI=1S/C23H19Cl2N5/c24-19-5-1-15(2-6-19)22-18(12-27-29-22)14-30-10-9-21-17(13-30)11-26-23(28-21)16-3-7-20(25)8-4-16/h1-8,11-12H,9-10,13-14H2,(H,27,29). The van der Waals surface area contributed by atoms with E-state index in [1.165, 1.54) is 11.1 Å². The van der Waals surface area contributed by atoms with Gasteiger partial charge >= 0.3 is 0 Å². The van der Waals surface area contributed by atoms with Crippen molar-refractivity contribution in [2.45, 2.75) is 19.5 Å². The number of aromatic nitrogens is 4. The summed E-state index contributed by atoms with van der Waals surface area (Å²) >= 11 is 12.0. The lowest BCUT2D eigenvalue weighted by atomic mass is 10.0. The first-order valence-corrected chi connectivity index (χ1v) is 10.5. The van der Waals surface area contributed by atoms with Crippen LogP contribution in [0.1, 0.15) is 16.8 Å². The van der Waals surface area contributed by atoms with E-state index < -0.39 is 0 Å². The van der Waals surface area contributed by atoms with Crippen molar-refractivity contribution < 1.29 is 0 Å². The first-order chi connectivity index (χ1) is 14.7. The molecule has 0 amide bonds. The van der Waals surface area contributed by atoms with Crippen LogP contribution in [0.5, 0.6) is 0 Å². The van der Waals surface area contributed by atoms with Crippen LogP contribution in [0.2, 0.25) is 10.0 Å². The Morgan fingerprint density at radius 1 is 0.900 bits per heavy atom. The predicted octanol–water partition coefficient (Wildman–Crippen LogP) is 5.40. The average molecular weight is 436 g/mol. The van der Waals surface area contributed by atoms with E-state index in [1.807, 2.05) is 60.9 Å². The van der Waals surface area contributed by atoms with Gasteiger partial charge in [-0.25, -0.2) is 9.97 Å². The van der Waals surface area contributed by atoms with Gasteiger partial charge in [0.1, 0.15) is 0 Å². The maximum Gasteiger partial charge on any atom is 0.159 e. The molecule has 0 saturated heterocycles. The van der Waals surface area contributed by atoms with Crippen molar-refractivity contribution in [2.24, 2.45) is 0 Å². The molecule has 1 N–H and O–H groups in total. The number of hydrogen-bond acceptors (Lipinski definition) is 4. The van der Waals surface area contributed by atoms with E-state index in [2.05, 4.69) is 20.1 Å². The van der Waals surface area contributed by atoms with Crippen molar-refractivity contribution in [3.8, 4) is 22.6 Å². The van der Waals surface area contributed by atoms with Crippen LogP contribution in [-0.2, 0) is 19.5 Å². The minimum atomic E-state index is 0.713. The third-order valence-corrected chi connectivity index (χ3v) is 5.86. The summed E-state index contributed by atoms with van der Waals surface area (Å²) < 4.78 is 0. The molecule has 1 aliphatic rings. The van der Waals surface area contributed by atoms with Gasteiger partial charge in [-0.1, -0.05) is 35.3 Å². The molecular weight excluding hydrogens is 417 g/mol. The van der Waals surface area contributed by atoms with Gasteiger partial charge in [0.2, 0.25) is 0 Å². The number of aromatic amines is 1. The molecule has 0 aliphatic carbocycles. The van der Waals surface area contributed by atoms with Crippen molar-refractivity contribution >= 4 is 23.2 Å². The Morgan fingerprint density at radius 2 is 1.60 bits per heavy atom. The third-order valence-electron chi connectivity index (χ3n) is 5.36. The molecule has 1 aliphatic heterocycles. The molecule has 5 rings (SSSR count). The summed E-state index contributed by atoms with van der Waals surface area (Å²) in [6.07, 6.45) is 4.75. The van der Waals surface area contributed by atoms with Crippen LogP contribution in [0.25, 0.3) is 22.6 Å². The molecule has 7 heteroatoms. The topological polar surface area (TPSA) is 57.7 Å². The summed E-state index contributed by atoms with van der Waals surface area (Å²) in [6.45, 7) is 2.57. The molecule has 0 atom stereocenters. The summed E-state index contributed by atoms with van der Waals surface area (Å²) in [4.78, 5) is 11.8. The fraction of sp³-hybridized carbons (Fsp3) is 0.174. The summed E-state index contributed by atoms with van der Waals surface area (Å²) in [5.41, 5.74) is 6.56. The van der Waals surface area contributed by atoms with Gasteiger partial charge in [0.05, 0.1) is 17.6 Å². The molecule has 0 unspecified atom stereocenters. The second-order valence-electron chi connectivity index (χ2n) is 7.41. The van der Waals surface area contributed by atoms with E-state index in [0.717, 1.165) is 59.4 Å². The van der Waals surface area contributed by atoms with Crippen LogP contribution in [0, 0.1) is 0 Å². The molecular formula is C23H19Cl2N5. The number of halogens is 2. The zero-order valence-corrected chi connectivity index (χ0v) is 17.7. The van der Waals surface area contributed by atoms with Crippen molar-refractivity contribution in [3.05, 3.63) is 87.8 Å². The van der Waals surface area contributed by atoms with Gasteiger partial charge in [0.25, 0.3) is 0 Å². The van der Waals surface area contributed by atoms with E-state index >= 15 is 0 Å². The Balaban J connectivity index is 1.33. The second-order valence-corrected chi connectivity index (χ2v) is 8.28. The zero-order valence-electron chi connectivity index (χ0n) is 16.1. The molecule has 0 bridgehead atoms. The van der Waals surface area contributed by atoms with Gasteiger partial charge in [-0.05, 0) is 42.0 Å². The summed E-state index contributed by atoms with van der Waals surface area (Å²) in [5, 5.41) is 8.83. The molecule has 0 fully saturated rings. The van der Waals surface area contributed by atoms with Gasteiger partial charge < -0.3 is 0 Å². The predicted molar refractivity (Wildman–Crippen MR) is 119 cm³/mol. The maximum absolute atomic E-state index is 6.02. The molecule has 4 aromatic rings. The third kappa shape index (κ3) is 3.97. The molecule has 30 heavy (non-hydrogen) atoms. The Morgan fingerprint density at radius 3 is 2.33 bits per heavy atom. The lowest BCUT2D eigenvalue weighted by Crippen LogP contribution is -2.31. The van der Waals surface area contributed by atoms with E-state index in [-0.39, 0.29) is 0 Å². The minimum Gasteiger partial charge on any atom is -0.294 e. The summed E-state index contributed by atoms with van der Waals surface area (Å²) in [6, 6.07) is 15.5. The number of nitrogens with one attached hydrogen (secondary N) is 1. The first kappa shape index (κ1) is 19.2. The number of hydrogen-bond donors (Lipinski definition) is 1. The lowest BCUT2D eigenvalue weighted by Gasteiger charge is -2.28. The van der Waals surface area contributed by atoms with Crippen LogP contribution in [0.15, 0.2) is 60.9 Å². The number of benzene rings is 2. The number of rotatable bonds is 4. The van der Waals surface area contributed by atoms with Crippen molar-refractivity contribution in [3.63, 3.8) is 0 Å². The highest BCUT2D eigenvalue weighted by Crippen LogP contribution is 2.27.